The molecular formula is C13H9BrClFO. The predicted octanol–water partition coefficient (Wildman–Crippen LogP) is 4.92. The summed E-state index contributed by atoms with van der Waals surface area (Å²) in [6.07, 6.45) is 0. The molecule has 0 N–H and O–H groups in total. The first-order valence-corrected chi connectivity index (χ1v) is 6.08. The van der Waals surface area contributed by atoms with Crippen molar-refractivity contribution in [2.45, 2.75) is 0 Å². The van der Waals surface area contributed by atoms with E-state index in [4.69, 9.17) is 16.3 Å². The quantitative estimate of drug-likeness (QED) is 0.764. The second-order valence-electron chi connectivity index (χ2n) is 3.45. The van der Waals surface area contributed by atoms with E-state index in [9.17, 15) is 4.39 Å². The van der Waals surface area contributed by atoms with Gasteiger partial charge in [0.1, 0.15) is 11.6 Å². The van der Waals surface area contributed by atoms with E-state index >= 15 is 0 Å². The first kappa shape index (κ1) is 12.4. The van der Waals surface area contributed by atoms with E-state index in [-0.39, 0.29) is 5.82 Å². The first-order chi connectivity index (χ1) is 8.13. The van der Waals surface area contributed by atoms with E-state index in [0.29, 0.717) is 21.9 Å². The molecule has 2 rings (SSSR count). The van der Waals surface area contributed by atoms with Gasteiger partial charge in [0, 0.05) is 5.56 Å². The molecule has 0 fully saturated rings. The summed E-state index contributed by atoms with van der Waals surface area (Å²) in [6.45, 7) is 0. The van der Waals surface area contributed by atoms with Crippen LogP contribution < -0.4 is 4.74 Å². The molecule has 0 saturated carbocycles. The van der Waals surface area contributed by atoms with Crippen LogP contribution in [-0.4, -0.2) is 7.11 Å². The summed E-state index contributed by atoms with van der Waals surface area (Å²) in [6, 6.07) is 9.95. The molecule has 4 heteroatoms. The molecule has 0 atom stereocenters. The van der Waals surface area contributed by atoms with Gasteiger partial charge in [-0.3, -0.25) is 0 Å². The minimum atomic E-state index is -0.338. The lowest BCUT2D eigenvalue weighted by molar-refractivity contribution is 0.412. The van der Waals surface area contributed by atoms with E-state index in [1.54, 1.807) is 37.4 Å². The second-order valence-corrected chi connectivity index (χ2v) is 4.71. The number of rotatable bonds is 2. The van der Waals surface area contributed by atoms with E-state index < -0.39 is 0 Å². The fourth-order valence-electron chi connectivity index (χ4n) is 1.60. The maximum absolute atomic E-state index is 13.7. The molecule has 1 nitrogen and oxygen atoms in total. The summed E-state index contributed by atoms with van der Waals surface area (Å²) in [5, 5.41) is 0.391. The molecule has 17 heavy (non-hydrogen) atoms. The van der Waals surface area contributed by atoms with Crippen molar-refractivity contribution in [3.8, 4) is 16.9 Å². The number of hydrogen-bond acceptors (Lipinski definition) is 1. The topological polar surface area (TPSA) is 9.23 Å². The maximum Gasteiger partial charge on any atom is 0.133 e. The van der Waals surface area contributed by atoms with Gasteiger partial charge >= 0.3 is 0 Å². The highest BCUT2D eigenvalue weighted by molar-refractivity contribution is 9.10. The third-order valence-corrected chi connectivity index (χ3v) is 3.34. The van der Waals surface area contributed by atoms with Crippen LogP contribution in [0.4, 0.5) is 4.39 Å². The molecule has 0 heterocycles. The van der Waals surface area contributed by atoms with Crippen LogP contribution in [0.2, 0.25) is 5.02 Å². The van der Waals surface area contributed by atoms with Gasteiger partial charge in [-0.2, -0.15) is 0 Å². The van der Waals surface area contributed by atoms with Crippen LogP contribution in [0.1, 0.15) is 0 Å². The monoisotopic (exact) mass is 314 g/mol. The molecule has 0 aliphatic heterocycles. The predicted molar refractivity (Wildman–Crippen MR) is 71.1 cm³/mol. The number of benzene rings is 2. The molecule has 0 unspecified atom stereocenters. The van der Waals surface area contributed by atoms with Crippen molar-refractivity contribution in [1.82, 2.24) is 0 Å². The van der Waals surface area contributed by atoms with Crippen molar-refractivity contribution in [3.63, 3.8) is 0 Å². The average Bonchev–Trinajstić information content (AvgIpc) is 2.29. The van der Waals surface area contributed by atoms with Gasteiger partial charge in [-0.1, -0.05) is 23.7 Å². The van der Waals surface area contributed by atoms with Crippen LogP contribution in [0.25, 0.3) is 11.1 Å². The number of hydrogen-bond donors (Lipinski definition) is 0. The SMILES string of the molecule is COc1ccc(-c2c(F)cccc2Cl)cc1Br. The molecule has 0 bridgehead atoms. The van der Waals surface area contributed by atoms with Gasteiger partial charge in [-0.05, 0) is 45.8 Å². The summed E-state index contributed by atoms with van der Waals surface area (Å²) in [5.41, 5.74) is 1.11. The molecule has 0 spiro atoms. The first-order valence-electron chi connectivity index (χ1n) is 4.91. The molecule has 0 aromatic heterocycles. The van der Waals surface area contributed by atoms with E-state index in [2.05, 4.69) is 15.9 Å². The van der Waals surface area contributed by atoms with E-state index in [0.717, 1.165) is 4.47 Å². The Labute approximate surface area is 112 Å². The molecular weight excluding hydrogens is 306 g/mol. The lowest BCUT2D eigenvalue weighted by atomic mass is 10.1. The maximum atomic E-state index is 13.7. The summed E-state index contributed by atoms with van der Waals surface area (Å²) in [7, 11) is 1.58. The van der Waals surface area contributed by atoms with E-state index in [1.165, 1.54) is 6.07 Å². The highest BCUT2D eigenvalue weighted by Gasteiger charge is 2.11. The van der Waals surface area contributed by atoms with Crippen molar-refractivity contribution >= 4 is 27.5 Å². The zero-order valence-electron chi connectivity index (χ0n) is 9.01. The van der Waals surface area contributed by atoms with Gasteiger partial charge in [-0.15, -0.1) is 0 Å². The minimum Gasteiger partial charge on any atom is -0.496 e. The Morgan fingerprint density at radius 3 is 2.59 bits per heavy atom. The molecule has 0 radical (unpaired) electrons. The van der Waals surface area contributed by atoms with Crippen LogP contribution >= 0.6 is 27.5 Å². The molecule has 0 saturated heterocycles. The van der Waals surface area contributed by atoms with Crippen molar-refractivity contribution < 1.29 is 9.13 Å². The Bertz CT molecular complexity index is 537. The summed E-state index contributed by atoms with van der Waals surface area (Å²) in [4.78, 5) is 0. The summed E-state index contributed by atoms with van der Waals surface area (Å²) < 4.78 is 19.6. The van der Waals surface area contributed by atoms with Crippen molar-refractivity contribution in [2.75, 3.05) is 7.11 Å². The van der Waals surface area contributed by atoms with Crippen LogP contribution in [0.3, 0.4) is 0 Å². The Balaban J connectivity index is 2.57. The highest BCUT2D eigenvalue weighted by atomic mass is 79.9. The molecule has 0 aliphatic carbocycles. The van der Waals surface area contributed by atoms with Gasteiger partial charge in [0.05, 0.1) is 16.6 Å². The number of methoxy groups -OCH3 is 1. The highest BCUT2D eigenvalue weighted by Crippen LogP contribution is 2.35. The molecule has 0 aliphatic rings. The van der Waals surface area contributed by atoms with Gasteiger partial charge in [0.2, 0.25) is 0 Å². The fraction of sp³-hybridized carbons (Fsp3) is 0.0769. The van der Waals surface area contributed by atoms with Gasteiger partial charge in [-0.25, -0.2) is 4.39 Å². The fourth-order valence-corrected chi connectivity index (χ4v) is 2.41. The lowest BCUT2D eigenvalue weighted by Gasteiger charge is -2.09. The smallest absolute Gasteiger partial charge is 0.133 e. The third-order valence-electron chi connectivity index (χ3n) is 2.40. The standard InChI is InChI=1S/C13H9BrClFO/c1-17-12-6-5-8(7-9(12)14)13-10(15)3-2-4-11(13)16/h2-7H,1H3. The van der Waals surface area contributed by atoms with Crippen LogP contribution in [-0.2, 0) is 0 Å². The van der Waals surface area contributed by atoms with Gasteiger partial charge < -0.3 is 4.74 Å². The number of ether oxygens (including phenoxy) is 1. The van der Waals surface area contributed by atoms with E-state index in [1.807, 2.05) is 0 Å². The zero-order valence-corrected chi connectivity index (χ0v) is 11.3. The van der Waals surface area contributed by atoms with Gasteiger partial charge in [0.15, 0.2) is 0 Å². The molecule has 88 valence electrons. The van der Waals surface area contributed by atoms with Gasteiger partial charge in [0.25, 0.3) is 0 Å². The third kappa shape index (κ3) is 2.45. The minimum absolute atomic E-state index is 0.338. The number of halogens is 3. The largest absolute Gasteiger partial charge is 0.496 e. The normalized spacial score (nSPS) is 10.4. The molecule has 0 amide bonds. The van der Waals surface area contributed by atoms with Crippen LogP contribution in [0.5, 0.6) is 5.75 Å². The Hall–Kier alpha value is -1.06. The van der Waals surface area contributed by atoms with Crippen molar-refractivity contribution in [1.29, 1.82) is 0 Å². The summed E-state index contributed by atoms with van der Waals surface area (Å²) >= 11 is 9.37. The molecule has 2 aromatic carbocycles. The van der Waals surface area contributed by atoms with Crippen LogP contribution in [0.15, 0.2) is 40.9 Å². The van der Waals surface area contributed by atoms with Crippen molar-refractivity contribution in [2.24, 2.45) is 0 Å². The van der Waals surface area contributed by atoms with Crippen LogP contribution in [0, 0.1) is 5.82 Å². The molecule has 2 aromatic rings. The Morgan fingerprint density at radius 1 is 1.24 bits per heavy atom. The Morgan fingerprint density at radius 2 is 2.00 bits per heavy atom. The van der Waals surface area contributed by atoms with Crippen molar-refractivity contribution in [3.05, 3.63) is 51.7 Å². The average molecular weight is 316 g/mol. The Kier molecular flexibility index (Phi) is 3.69. The zero-order chi connectivity index (χ0) is 12.4. The summed E-state index contributed by atoms with van der Waals surface area (Å²) in [5.74, 6) is 0.357. The second kappa shape index (κ2) is 5.07. The lowest BCUT2D eigenvalue weighted by Crippen LogP contribution is -1.88.